The number of carbonyl (C=O) groups is 1. The maximum Gasteiger partial charge on any atom is 0.273 e. The molecule has 1 aliphatic rings. The second-order valence-corrected chi connectivity index (χ2v) is 6.94. The molecule has 1 aromatic carbocycles. The van der Waals surface area contributed by atoms with Crippen LogP contribution in [0.25, 0.3) is 5.69 Å². The Morgan fingerprint density at radius 3 is 2.57 bits per heavy atom. The van der Waals surface area contributed by atoms with E-state index in [-0.39, 0.29) is 24.4 Å². The van der Waals surface area contributed by atoms with E-state index in [1.54, 1.807) is 4.68 Å². The van der Waals surface area contributed by atoms with Crippen LogP contribution in [0, 0.1) is 6.92 Å². The summed E-state index contributed by atoms with van der Waals surface area (Å²) in [5.41, 5.74) is 1.92. The van der Waals surface area contributed by atoms with E-state index in [0.29, 0.717) is 17.9 Å². The number of halogens is 1. The third kappa shape index (κ3) is 5.67. The van der Waals surface area contributed by atoms with Gasteiger partial charge in [0.2, 0.25) is 0 Å². The molecule has 2 N–H and O–H groups in total. The van der Waals surface area contributed by atoms with E-state index < -0.39 is 0 Å². The van der Waals surface area contributed by atoms with Crippen LogP contribution in [-0.2, 0) is 0 Å². The highest BCUT2D eigenvalue weighted by Gasteiger charge is 2.17. The summed E-state index contributed by atoms with van der Waals surface area (Å²) in [6.07, 6.45) is 0.125. The van der Waals surface area contributed by atoms with Gasteiger partial charge in [-0.15, -0.1) is 17.5 Å². The van der Waals surface area contributed by atoms with Gasteiger partial charge in [-0.05, 0) is 45.0 Å². The second kappa shape index (κ2) is 10.4. The lowest BCUT2D eigenvalue weighted by molar-refractivity contribution is 0.0941. The van der Waals surface area contributed by atoms with Gasteiger partial charge in [-0.3, -0.25) is 9.69 Å². The molecule has 8 nitrogen and oxygen atoms in total. The first kappa shape index (κ1) is 22.1. The third-order valence-electron chi connectivity index (χ3n) is 4.49. The molecule has 1 saturated heterocycles. The van der Waals surface area contributed by atoms with Crippen LogP contribution in [0.15, 0.2) is 24.3 Å². The molecule has 0 radical (unpaired) electrons. The van der Waals surface area contributed by atoms with Crippen LogP contribution in [-0.4, -0.2) is 71.2 Å². The monoisotopic (exact) mass is 408 g/mol. The minimum atomic E-state index is -0.186. The van der Waals surface area contributed by atoms with Gasteiger partial charge in [-0.2, -0.15) is 0 Å². The smallest absolute Gasteiger partial charge is 0.273 e. The Morgan fingerprint density at radius 1 is 1.25 bits per heavy atom. The first-order valence-electron chi connectivity index (χ1n) is 9.45. The zero-order valence-electron chi connectivity index (χ0n) is 16.6. The fourth-order valence-electron chi connectivity index (χ4n) is 3.07. The predicted molar refractivity (Wildman–Crippen MR) is 111 cm³/mol. The largest absolute Gasteiger partial charge is 0.491 e. The van der Waals surface area contributed by atoms with Gasteiger partial charge >= 0.3 is 0 Å². The molecule has 0 unspecified atom stereocenters. The van der Waals surface area contributed by atoms with Crippen LogP contribution in [0.1, 0.15) is 30.0 Å². The Hall–Kier alpha value is -2.16. The van der Waals surface area contributed by atoms with E-state index in [2.05, 4.69) is 25.8 Å². The number of benzene rings is 1. The van der Waals surface area contributed by atoms with Gasteiger partial charge in [0, 0.05) is 39.3 Å². The lowest BCUT2D eigenvalue weighted by atomic mass is 10.2. The van der Waals surface area contributed by atoms with Gasteiger partial charge in [-0.25, -0.2) is 4.68 Å². The first-order chi connectivity index (χ1) is 13.0. The van der Waals surface area contributed by atoms with Crippen molar-refractivity contribution in [3.63, 3.8) is 0 Å². The van der Waals surface area contributed by atoms with Crippen molar-refractivity contribution >= 4 is 18.3 Å². The number of ether oxygens (including phenoxy) is 1. The maximum atomic E-state index is 12.4. The summed E-state index contributed by atoms with van der Waals surface area (Å²) < 4.78 is 7.33. The van der Waals surface area contributed by atoms with Crippen molar-refractivity contribution in [1.29, 1.82) is 0 Å². The Morgan fingerprint density at radius 2 is 1.93 bits per heavy atom. The van der Waals surface area contributed by atoms with Crippen molar-refractivity contribution in [2.75, 3.05) is 39.3 Å². The van der Waals surface area contributed by atoms with Gasteiger partial charge < -0.3 is 15.4 Å². The summed E-state index contributed by atoms with van der Waals surface area (Å²) in [7, 11) is 0. The van der Waals surface area contributed by atoms with Gasteiger partial charge in [0.05, 0.1) is 17.5 Å². The highest BCUT2D eigenvalue weighted by atomic mass is 35.5. The number of aromatic nitrogens is 3. The summed E-state index contributed by atoms with van der Waals surface area (Å²) in [6, 6.07) is 7.60. The van der Waals surface area contributed by atoms with Gasteiger partial charge in [0.15, 0.2) is 5.69 Å². The maximum absolute atomic E-state index is 12.4. The summed E-state index contributed by atoms with van der Waals surface area (Å²) in [4.78, 5) is 14.8. The van der Waals surface area contributed by atoms with Crippen LogP contribution >= 0.6 is 12.4 Å². The Kier molecular flexibility index (Phi) is 8.22. The molecule has 1 fully saturated rings. The fraction of sp³-hybridized carbons (Fsp3) is 0.526. The number of carbonyl (C=O) groups excluding carboxylic acids is 1. The number of nitrogens with zero attached hydrogens (tertiary/aromatic N) is 4. The minimum absolute atomic E-state index is 0. The van der Waals surface area contributed by atoms with Crippen LogP contribution in [0.5, 0.6) is 5.75 Å². The van der Waals surface area contributed by atoms with E-state index in [0.717, 1.165) is 44.2 Å². The van der Waals surface area contributed by atoms with E-state index in [9.17, 15) is 4.79 Å². The molecule has 154 valence electrons. The molecule has 0 bridgehead atoms. The molecule has 0 saturated carbocycles. The molecular weight excluding hydrogens is 380 g/mol. The number of amides is 1. The average Bonchev–Trinajstić information content (AvgIpc) is 3.04. The molecule has 2 heterocycles. The Balaban J connectivity index is 0.00000280. The topological polar surface area (TPSA) is 84.3 Å². The van der Waals surface area contributed by atoms with Crippen LogP contribution in [0.3, 0.4) is 0 Å². The molecule has 2 aromatic rings. The highest BCUT2D eigenvalue weighted by Crippen LogP contribution is 2.18. The molecule has 1 amide bonds. The molecule has 1 aliphatic heterocycles. The van der Waals surface area contributed by atoms with E-state index >= 15 is 0 Å². The third-order valence-corrected chi connectivity index (χ3v) is 4.49. The van der Waals surface area contributed by atoms with E-state index in [1.165, 1.54) is 0 Å². The van der Waals surface area contributed by atoms with Crippen LogP contribution in [0.2, 0.25) is 0 Å². The van der Waals surface area contributed by atoms with Gasteiger partial charge in [-0.1, -0.05) is 5.21 Å². The van der Waals surface area contributed by atoms with Crippen molar-refractivity contribution in [1.82, 2.24) is 30.5 Å². The molecule has 28 heavy (non-hydrogen) atoms. The Labute approximate surface area is 172 Å². The first-order valence-corrected chi connectivity index (χ1v) is 9.45. The quantitative estimate of drug-likeness (QED) is 0.720. The van der Waals surface area contributed by atoms with Crippen molar-refractivity contribution in [2.24, 2.45) is 0 Å². The summed E-state index contributed by atoms with van der Waals surface area (Å²) in [5, 5.41) is 14.5. The predicted octanol–water partition coefficient (Wildman–Crippen LogP) is 1.42. The van der Waals surface area contributed by atoms with Gasteiger partial charge in [0.25, 0.3) is 5.91 Å². The van der Waals surface area contributed by atoms with Gasteiger partial charge in [0.1, 0.15) is 5.75 Å². The molecule has 0 spiro atoms. The standard InChI is InChI=1S/C19H28N6O2.ClH/c1-14(2)27-17-6-4-16(5-7-17)25-15(3)18(22-23-25)19(26)21-10-13-24-11-8-20-9-12-24;/h4-7,14,20H,8-13H2,1-3H3,(H,21,26);1H. The number of hydrogen-bond donors (Lipinski definition) is 2. The fourth-order valence-corrected chi connectivity index (χ4v) is 3.07. The summed E-state index contributed by atoms with van der Waals surface area (Å²) in [6.45, 7) is 11.3. The van der Waals surface area contributed by atoms with Crippen molar-refractivity contribution in [3.05, 3.63) is 35.7 Å². The number of rotatable bonds is 7. The minimum Gasteiger partial charge on any atom is -0.491 e. The average molecular weight is 409 g/mol. The van der Waals surface area contributed by atoms with Crippen LogP contribution in [0.4, 0.5) is 0 Å². The normalized spacial score (nSPS) is 14.6. The second-order valence-electron chi connectivity index (χ2n) is 6.94. The number of hydrogen-bond acceptors (Lipinski definition) is 6. The summed E-state index contributed by atoms with van der Waals surface area (Å²) >= 11 is 0. The zero-order valence-corrected chi connectivity index (χ0v) is 17.5. The number of nitrogens with one attached hydrogen (secondary N) is 2. The molecular formula is C19H29ClN6O2. The highest BCUT2D eigenvalue weighted by molar-refractivity contribution is 5.93. The van der Waals surface area contributed by atoms with Crippen LogP contribution < -0.4 is 15.4 Å². The van der Waals surface area contributed by atoms with Crippen molar-refractivity contribution < 1.29 is 9.53 Å². The molecule has 0 aliphatic carbocycles. The van der Waals surface area contributed by atoms with E-state index in [1.807, 2.05) is 45.0 Å². The summed E-state index contributed by atoms with van der Waals surface area (Å²) in [5.74, 6) is 0.617. The molecule has 0 atom stereocenters. The van der Waals surface area contributed by atoms with Crippen molar-refractivity contribution in [3.8, 4) is 11.4 Å². The Bertz CT molecular complexity index is 756. The molecule has 9 heteroatoms. The molecule has 1 aromatic heterocycles. The molecule has 3 rings (SSSR count). The zero-order chi connectivity index (χ0) is 19.2. The lowest BCUT2D eigenvalue weighted by Gasteiger charge is -2.26. The number of piperazine rings is 1. The van der Waals surface area contributed by atoms with E-state index in [4.69, 9.17) is 4.74 Å². The lowest BCUT2D eigenvalue weighted by Crippen LogP contribution is -2.46. The van der Waals surface area contributed by atoms with Crippen molar-refractivity contribution in [2.45, 2.75) is 26.9 Å². The SMILES string of the molecule is Cc1c(C(=O)NCCN2CCNCC2)nnn1-c1ccc(OC(C)C)cc1.Cl.